The van der Waals surface area contributed by atoms with Crippen molar-refractivity contribution in [3.05, 3.63) is 22.4 Å². The van der Waals surface area contributed by atoms with E-state index in [1.54, 1.807) is 0 Å². The van der Waals surface area contributed by atoms with Gasteiger partial charge in [-0.15, -0.1) is 0 Å². The zero-order chi connectivity index (χ0) is 12.6. The summed E-state index contributed by atoms with van der Waals surface area (Å²) in [5, 5.41) is 0.264. The van der Waals surface area contributed by atoms with E-state index in [0.29, 0.717) is 6.54 Å². The van der Waals surface area contributed by atoms with Crippen LogP contribution in [0.2, 0.25) is 10.2 Å². The van der Waals surface area contributed by atoms with E-state index in [1.807, 2.05) is 6.92 Å². The summed E-state index contributed by atoms with van der Waals surface area (Å²) in [7, 11) is -3.50. The van der Waals surface area contributed by atoms with E-state index in [0.717, 1.165) is 12.8 Å². The van der Waals surface area contributed by atoms with Gasteiger partial charge in [0.05, 0.1) is 5.02 Å². The average molecular weight is 295 g/mol. The Bertz CT molecular complexity index is 533. The van der Waals surface area contributed by atoms with Gasteiger partial charge in [0.1, 0.15) is 10.0 Å². The molecule has 0 radical (unpaired) electrons. The molecule has 1 saturated heterocycles. The predicted octanol–water partition coefficient (Wildman–Crippen LogP) is 2.56. The number of nitrogens with zero attached hydrogens (tertiary/aromatic N) is 2. The molecule has 0 bridgehead atoms. The molecule has 0 saturated carbocycles. The highest BCUT2D eigenvalue weighted by atomic mass is 35.5. The molecule has 2 rings (SSSR count). The van der Waals surface area contributed by atoms with Crippen LogP contribution < -0.4 is 0 Å². The van der Waals surface area contributed by atoms with Crippen LogP contribution in [-0.4, -0.2) is 30.3 Å². The van der Waals surface area contributed by atoms with Crippen molar-refractivity contribution in [1.82, 2.24) is 9.29 Å². The molecule has 1 unspecified atom stereocenters. The zero-order valence-corrected chi connectivity index (χ0v) is 11.6. The molecule has 1 aliphatic rings. The van der Waals surface area contributed by atoms with Crippen molar-refractivity contribution in [2.24, 2.45) is 0 Å². The van der Waals surface area contributed by atoms with Gasteiger partial charge in [-0.25, -0.2) is 13.4 Å². The Labute approximate surface area is 111 Å². The van der Waals surface area contributed by atoms with Gasteiger partial charge < -0.3 is 0 Å². The summed E-state index contributed by atoms with van der Waals surface area (Å²) >= 11 is 11.5. The van der Waals surface area contributed by atoms with Crippen LogP contribution in [0.4, 0.5) is 0 Å². The lowest BCUT2D eigenvalue weighted by atomic mass is 10.3. The van der Waals surface area contributed by atoms with Gasteiger partial charge in [-0.2, -0.15) is 4.31 Å². The van der Waals surface area contributed by atoms with Gasteiger partial charge in [0.25, 0.3) is 0 Å². The second-order valence-electron chi connectivity index (χ2n) is 4.05. The van der Waals surface area contributed by atoms with Crippen molar-refractivity contribution < 1.29 is 8.42 Å². The molecule has 17 heavy (non-hydrogen) atoms. The molecule has 4 nitrogen and oxygen atoms in total. The molecule has 1 aromatic rings. The molecule has 0 amide bonds. The molecule has 0 aliphatic carbocycles. The van der Waals surface area contributed by atoms with Gasteiger partial charge in [-0.05, 0) is 25.8 Å². The summed E-state index contributed by atoms with van der Waals surface area (Å²) in [6, 6.07) is 1.37. The average Bonchev–Trinajstić information content (AvgIpc) is 2.69. The smallest absolute Gasteiger partial charge is 0.242 e. The van der Waals surface area contributed by atoms with Crippen molar-refractivity contribution in [3.8, 4) is 0 Å². The Hall–Kier alpha value is -0.360. The molecule has 2 heterocycles. The number of sulfonamides is 1. The second-order valence-corrected chi connectivity index (χ2v) is 6.71. The van der Waals surface area contributed by atoms with Crippen LogP contribution in [0.1, 0.15) is 19.8 Å². The highest BCUT2D eigenvalue weighted by Crippen LogP contribution is 2.28. The third-order valence-corrected chi connectivity index (χ3v) is 5.53. The van der Waals surface area contributed by atoms with Crippen LogP contribution in [0, 0.1) is 0 Å². The monoisotopic (exact) mass is 294 g/mol. The first-order valence-corrected chi connectivity index (χ1v) is 7.45. The summed E-state index contributed by atoms with van der Waals surface area (Å²) in [4.78, 5) is 3.87. The Kier molecular flexibility index (Phi) is 3.63. The molecule has 1 fully saturated rings. The van der Waals surface area contributed by atoms with Gasteiger partial charge in [0, 0.05) is 18.8 Å². The molecule has 0 spiro atoms. The molecule has 94 valence electrons. The van der Waals surface area contributed by atoms with E-state index in [-0.39, 0.29) is 21.1 Å². The van der Waals surface area contributed by atoms with Crippen molar-refractivity contribution >= 4 is 33.2 Å². The van der Waals surface area contributed by atoms with Crippen LogP contribution in [0.25, 0.3) is 0 Å². The SMILES string of the molecule is CC1CCCN1S(=O)(=O)c1cnc(Cl)c(Cl)c1. The third-order valence-electron chi connectivity index (χ3n) is 2.87. The van der Waals surface area contributed by atoms with E-state index in [9.17, 15) is 8.42 Å². The minimum atomic E-state index is -3.50. The quantitative estimate of drug-likeness (QED) is 0.788. The number of aromatic nitrogens is 1. The lowest BCUT2D eigenvalue weighted by Crippen LogP contribution is -2.33. The van der Waals surface area contributed by atoms with Gasteiger partial charge in [0.15, 0.2) is 0 Å². The first kappa shape index (κ1) is 13.1. The molecule has 7 heteroatoms. The van der Waals surface area contributed by atoms with E-state index < -0.39 is 10.0 Å². The molecular formula is C10H12Cl2N2O2S. The second kappa shape index (κ2) is 4.72. The standard InChI is InChI=1S/C10H12Cl2N2O2S/c1-7-3-2-4-14(7)17(15,16)8-5-9(11)10(12)13-6-8/h5-7H,2-4H2,1H3. The van der Waals surface area contributed by atoms with Crippen molar-refractivity contribution in [2.75, 3.05) is 6.54 Å². The highest BCUT2D eigenvalue weighted by Gasteiger charge is 2.33. The molecule has 1 aliphatic heterocycles. The molecule has 1 atom stereocenters. The Morgan fingerprint density at radius 1 is 1.47 bits per heavy atom. The van der Waals surface area contributed by atoms with Crippen LogP contribution in [-0.2, 0) is 10.0 Å². The van der Waals surface area contributed by atoms with Crippen LogP contribution in [0.5, 0.6) is 0 Å². The van der Waals surface area contributed by atoms with Crippen LogP contribution in [0.3, 0.4) is 0 Å². The van der Waals surface area contributed by atoms with E-state index in [2.05, 4.69) is 4.98 Å². The normalized spacial score (nSPS) is 21.9. The number of rotatable bonds is 2. The van der Waals surface area contributed by atoms with E-state index in [4.69, 9.17) is 23.2 Å². The fourth-order valence-corrected chi connectivity index (χ4v) is 3.95. The summed E-state index contributed by atoms with van der Waals surface area (Å²) < 4.78 is 26.1. The maximum Gasteiger partial charge on any atom is 0.244 e. The highest BCUT2D eigenvalue weighted by molar-refractivity contribution is 7.89. The summed E-state index contributed by atoms with van der Waals surface area (Å²) in [6.07, 6.45) is 3.01. The van der Waals surface area contributed by atoms with Crippen molar-refractivity contribution in [3.63, 3.8) is 0 Å². The molecule has 0 N–H and O–H groups in total. The minimum absolute atomic E-state index is 0.0226. The fraction of sp³-hybridized carbons (Fsp3) is 0.500. The Balaban J connectivity index is 2.41. The van der Waals surface area contributed by atoms with Crippen molar-refractivity contribution in [2.45, 2.75) is 30.7 Å². The van der Waals surface area contributed by atoms with Crippen LogP contribution in [0.15, 0.2) is 17.2 Å². The van der Waals surface area contributed by atoms with E-state index >= 15 is 0 Å². The van der Waals surface area contributed by atoms with Gasteiger partial charge in [-0.3, -0.25) is 0 Å². The van der Waals surface area contributed by atoms with Crippen molar-refractivity contribution in [1.29, 1.82) is 0 Å². The largest absolute Gasteiger partial charge is 0.244 e. The van der Waals surface area contributed by atoms with E-state index in [1.165, 1.54) is 16.6 Å². The summed E-state index contributed by atoms with van der Waals surface area (Å²) in [5.41, 5.74) is 0. The number of pyridine rings is 1. The summed E-state index contributed by atoms with van der Waals surface area (Å²) in [6.45, 7) is 2.44. The molecular weight excluding hydrogens is 283 g/mol. The maximum atomic E-state index is 12.3. The van der Waals surface area contributed by atoms with Gasteiger partial charge in [-0.1, -0.05) is 23.2 Å². The first-order chi connectivity index (χ1) is 7.93. The number of hydrogen-bond acceptors (Lipinski definition) is 3. The predicted molar refractivity (Wildman–Crippen MR) is 66.8 cm³/mol. The zero-order valence-electron chi connectivity index (χ0n) is 9.23. The maximum absolute atomic E-state index is 12.3. The van der Waals surface area contributed by atoms with Gasteiger partial charge in [0.2, 0.25) is 10.0 Å². The molecule has 1 aromatic heterocycles. The first-order valence-electron chi connectivity index (χ1n) is 5.26. The number of hydrogen-bond donors (Lipinski definition) is 0. The topological polar surface area (TPSA) is 50.3 Å². The molecule has 0 aromatic carbocycles. The Morgan fingerprint density at radius 2 is 2.18 bits per heavy atom. The Morgan fingerprint density at radius 3 is 2.71 bits per heavy atom. The fourth-order valence-electron chi connectivity index (χ4n) is 1.94. The minimum Gasteiger partial charge on any atom is -0.242 e. The number of halogens is 2. The van der Waals surface area contributed by atoms with Crippen LogP contribution >= 0.6 is 23.2 Å². The third kappa shape index (κ3) is 2.42. The van der Waals surface area contributed by atoms with Gasteiger partial charge >= 0.3 is 0 Å². The lowest BCUT2D eigenvalue weighted by molar-refractivity contribution is 0.408. The lowest BCUT2D eigenvalue weighted by Gasteiger charge is -2.20. The summed E-state index contributed by atoms with van der Waals surface area (Å²) in [5.74, 6) is 0.